The Morgan fingerprint density at radius 2 is 2.57 bits per heavy atom. The van der Waals surface area contributed by atoms with E-state index >= 15 is 0 Å². The lowest BCUT2D eigenvalue weighted by Gasteiger charge is -1.89. The van der Waals surface area contributed by atoms with Crippen molar-refractivity contribution >= 4 is 12.6 Å². The van der Waals surface area contributed by atoms with Crippen LogP contribution in [0.2, 0.25) is 0 Å². The monoisotopic (exact) mass is 94.0 g/mol. The largest absolute Gasteiger partial charge is 0.843 e. The van der Waals surface area contributed by atoms with E-state index in [9.17, 15) is 5.11 Å². The average Bonchev–Trinajstić information content (AvgIpc) is 1.69. The molecule has 0 aromatic rings. The van der Waals surface area contributed by atoms with E-state index in [1.54, 1.807) is 0 Å². The highest BCUT2D eigenvalue weighted by Gasteiger charge is 1.88. The third-order valence-corrected chi connectivity index (χ3v) is 0.491. The molecule has 0 amide bonds. The first kappa shape index (κ1) is 3.96. The van der Waals surface area contributed by atoms with Gasteiger partial charge in [-0.3, -0.25) is 0 Å². The number of allylic oxidation sites excluding steroid dienone is 1. The standard InChI is InChI=1S/C4H2N2O/c7-4-1-5-3-6-2-4/h1,3H. The lowest BCUT2D eigenvalue weighted by Crippen LogP contribution is -2.05. The van der Waals surface area contributed by atoms with Crippen LogP contribution in [-0.2, 0) is 0 Å². The van der Waals surface area contributed by atoms with Crippen molar-refractivity contribution in [1.29, 1.82) is 0 Å². The second-order valence-corrected chi connectivity index (χ2v) is 0.999. The predicted octanol–water partition coefficient (Wildman–Crippen LogP) is -0.822. The number of aliphatic imine (C=N–C) groups is 2. The summed E-state index contributed by atoms with van der Waals surface area (Å²) in [6.07, 6.45) is 4.59. The predicted molar refractivity (Wildman–Crippen MR) is 24.0 cm³/mol. The highest BCUT2D eigenvalue weighted by molar-refractivity contribution is 5.84. The third kappa shape index (κ3) is 0.809. The van der Waals surface area contributed by atoms with Gasteiger partial charge in [-0.25, -0.2) is 0 Å². The third-order valence-electron chi connectivity index (χ3n) is 0.491. The van der Waals surface area contributed by atoms with E-state index in [0.29, 0.717) is 0 Å². The van der Waals surface area contributed by atoms with Gasteiger partial charge in [-0.1, -0.05) is 4.99 Å². The summed E-state index contributed by atoms with van der Waals surface area (Å²) in [5.41, 5.74) is 0. The first-order valence-corrected chi connectivity index (χ1v) is 1.74. The van der Waals surface area contributed by atoms with Crippen molar-refractivity contribution in [2.75, 3.05) is 0 Å². The van der Waals surface area contributed by atoms with Crippen LogP contribution >= 0.6 is 0 Å². The normalized spacial score (nSPS) is 15.7. The van der Waals surface area contributed by atoms with Gasteiger partial charge in [0.2, 0.25) is 6.34 Å². The van der Waals surface area contributed by atoms with Crippen LogP contribution in [0.5, 0.6) is 0 Å². The molecular weight excluding hydrogens is 92.1 g/mol. The lowest BCUT2D eigenvalue weighted by molar-refractivity contribution is -0.289. The Morgan fingerprint density at radius 1 is 1.71 bits per heavy atom. The Hall–Kier alpha value is -1.21. The summed E-state index contributed by atoms with van der Waals surface area (Å²) in [4.78, 5) is 6.77. The minimum Gasteiger partial charge on any atom is -0.843 e. The smallest absolute Gasteiger partial charge is 0.235 e. The van der Waals surface area contributed by atoms with Crippen molar-refractivity contribution < 1.29 is 5.11 Å². The van der Waals surface area contributed by atoms with Gasteiger partial charge in [-0.15, -0.1) is 4.99 Å². The molecule has 0 unspecified atom stereocenters. The van der Waals surface area contributed by atoms with Crippen LogP contribution in [0.15, 0.2) is 21.9 Å². The number of nitrogens with zero attached hydrogens (tertiary/aromatic N) is 2. The van der Waals surface area contributed by atoms with E-state index < -0.39 is 0 Å². The fourth-order valence-corrected chi connectivity index (χ4v) is 0.256. The highest BCUT2D eigenvalue weighted by atomic mass is 16.3. The summed E-state index contributed by atoms with van der Waals surface area (Å²) in [7, 11) is 0. The molecule has 7 heavy (non-hydrogen) atoms. The van der Waals surface area contributed by atoms with Gasteiger partial charge in [0.25, 0.3) is 0 Å². The van der Waals surface area contributed by atoms with E-state index in [-0.39, 0.29) is 5.76 Å². The first-order valence-electron chi connectivity index (χ1n) is 1.74. The maximum atomic E-state index is 10.1. The highest BCUT2D eigenvalue weighted by Crippen LogP contribution is 1.83. The van der Waals surface area contributed by atoms with E-state index in [0.717, 1.165) is 6.20 Å². The zero-order valence-electron chi connectivity index (χ0n) is 3.46. The molecule has 0 aromatic heterocycles. The molecule has 1 aliphatic rings. The molecule has 0 fully saturated rings. The maximum Gasteiger partial charge on any atom is 0.235 e. The van der Waals surface area contributed by atoms with Crippen molar-refractivity contribution in [3.05, 3.63) is 12.0 Å². The quantitative estimate of drug-likeness (QED) is 0.362. The van der Waals surface area contributed by atoms with Crippen molar-refractivity contribution in [3.63, 3.8) is 0 Å². The van der Waals surface area contributed by atoms with Crippen molar-refractivity contribution in [1.82, 2.24) is 0 Å². The molecule has 0 N–H and O–H groups in total. The summed E-state index contributed by atoms with van der Waals surface area (Å²) in [5, 5.41) is 10.1. The zero-order valence-corrected chi connectivity index (χ0v) is 3.46. The topological polar surface area (TPSA) is 47.8 Å². The molecule has 0 aliphatic carbocycles. The first-order chi connectivity index (χ1) is 3.39. The van der Waals surface area contributed by atoms with Crippen LogP contribution in [0.4, 0.5) is 0 Å². The van der Waals surface area contributed by atoms with E-state index in [1.807, 2.05) is 0 Å². The van der Waals surface area contributed by atoms with Gasteiger partial charge in [-0.2, -0.15) is 0 Å². The Kier molecular flexibility index (Phi) is 0.845. The van der Waals surface area contributed by atoms with Gasteiger partial charge in [0.15, 0.2) is 6.21 Å². The van der Waals surface area contributed by atoms with Crippen LogP contribution in [-0.4, -0.2) is 12.6 Å². The van der Waals surface area contributed by atoms with Crippen molar-refractivity contribution in [3.8, 4) is 0 Å². The number of hydrogen-bond donors (Lipinski definition) is 0. The molecule has 0 spiro atoms. The Labute approximate surface area is 40.7 Å². The molecule has 0 atom stereocenters. The van der Waals surface area contributed by atoms with Crippen LogP contribution in [0.25, 0.3) is 0 Å². The Balaban J connectivity index is 2.82. The molecular formula is C4H2N2O. The Bertz CT molecular complexity index is 146. The minimum absolute atomic E-state index is 0.275. The molecule has 1 heterocycles. The zero-order chi connectivity index (χ0) is 5.11. The second-order valence-electron chi connectivity index (χ2n) is 0.999. The number of hydrogen-bond acceptors (Lipinski definition) is 3. The molecule has 3 nitrogen and oxygen atoms in total. The van der Waals surface area contributed by atoms with Crippen LogP contribution in [0.3, 0.4) is 0 Å². The van der Waals surface area contributed by atoms with Gasteiger partial charge < -0.3 is 5.11 Å². The molecule has 1 aliphatic heterocycles. The summed E-state index contributed by atoms with van der Waals surface area (Å²) < 4.78 is 0. The van der Waals surface area contributed by atoms with Gasteiger partial charge in [-0.05, 0) is 0 Å². The maximum absolute atomic E-state index is 10.1. The lowest BCUT2D eigenvalue weighted by atomic mass is 10.6. The molecule has 1 rings (SSSR count). The molecule has 0 bridgehead atoms. The SMILES string of the molecule is [O-]C1=CN=CN=[C+]1. The molecule has 0 saturated heterocycles. The molecule has 34 valence electrons. The number of rotatable bonds is 0. The van der Waals surface area contributed by atoms with Crippen LogP contribution < -0.4 is 5.11 Å². The molecule has 0 radical (unpaired) electrons. The van der Waals surface area contributed by atoms with E-state index in [4.69, 9.17) is 0 Å². The van der Waals surface area contributed by atoms with Gasteiger partial charge in [0.05, 0.1) is 0 Å². The summed E-state index contributed by atoms with van der Waals surface area (Å²) in [6.45, 7) is 0. The summed E-state index contributed by atoms with van der Waals surface area (Å²) in [5.74, 6) is -0.275. The van der Waals surface area contributed by atoms with Crippen molar-refractivity contribution in [2.45, 2.75) is 0 Å². The second kappa shape index (κ2) is 1.49. The van der Waals surface area contributed by atoms with Gasteiger partial charge in [0, 0.05) is 0 Å². The van der Waals surface area contributed by atoms with E-state index in [2.05, 4.69) is 16.2 Å². The van der Waals surface area contributed by atoms with E-state index in [1.165, 1.54) is 6.34 Å². The fraction of sp³-hybridized carbons (Fsp3) is 0. The van der Waals surface area contributed by atoms with Crippen molar-refractivity contribution in [2.24, 2.45) is 9.98 Å². The summed E-state index contributed by atoms with van der Waals surface area (Å²) >= 11 is 0. The fourth-order valence-electron chi connectivity index (χ4n) is 0.256. The van der Waals surface area contributed by atoms with Gasteiger partial charge in [0.1, 0.15) is 12.0 Å². The molecule has 3 heteroatoms. The molecule has 0 aromatic carbocycles. The average molecular weight is 94.1 g/mol. The van der Waals surface area contributed by atoms with Crippen LogP contribution in [0.1, 0.15) is 0 Å². The summed E-state index contributed by atoms with van der Waals surface area (Å²) in [6, 6.07) is 0. The Morgan fingerprint density at radius 3 is 2.86 bits per heavy atom. The van der Waals surface area contributed by atoms with Crippen LogP contribution in [0, 0.1) is 0 Å². The molecule has 0 saturated carbocycles. The van der Waals surface area contributed by atoms with Gasteiger partial charge >= 0.3 is 0 Å². The minimum atomic E-state index is -0.275.